The number of urea groups is 1. The molecule has 2 N–H and O–H groups in total. The summed E-state index contributed by atoms with van der Waals surface area (Å²) in [7, 11) is 1.61. The number of H-pyrrole nitrogens is 1. The molecule has 1 saturated heterocycles. The lowest BCUT2D eigenvalue weighted by Crippen LogP contribution is -2.40. The third-order valence-electron chi connectivity index (χ3n) is 4.92. The largest absolute Gasteiger partial charge is 0.497 e. The molecule has 8 nitrogen and oxygen atoms in total. The molecule has 3 heterocycles. The molecule has 1 fully saturated rings. The van der Waals surface area contributed by atoms with E-state index in [9.17, 15) is 4.79 Å². The number of aryl methyl sites for hydroxylation is 1. The first-order chi connectivity index (χ1) is 13.1. The smallest absolute Gasteiger partial charge is 0.321 e. The quantitative estimate of drug-likeness (QED) is 0.743. The van der Waals surface area contributed by atoms with Gasteiger partial charge in [0.15, 0.2) is 5.82 Å². The Bertz CT molecular complexity index is 962. The van der Waals surface area contributed by atoms with E-state index in [1.807, 2.05) is 30.0 Å². The normalized spacial score (nSPS) is 15.1. The molecule has 0 aliphatic carbocycles. The number of amides is 2. The number of hydrogen-bond donors (Lipinski definition) is 2. The van der Waals surface area contributed by atoms with Crippen molar-refractivity contribution >= 4 is 22.6 Å². The zero-order valence-electron chi connectivity index (χ0n) is 15.4. The van der Waals surface area contributed by atoms with Crippen molar-refractivity contribution in [1.29, 1.82) is 0 Å². The Kier molecular flexibility index (Phi) is 4.62. The number of nitrogens with one attached hydrogen (secondary N) is 2. The van der Waals surface area contributed by atoms with Crippen LogP contribution in [0.25, 0.3) is 10.9 Å². The van der Waals surface area contributed by atoms with Gasteiger partial charge >= 0.3 is 6.03 Å². The van der Waals surface area contributed by atoms with Crippen molar-refractivity contribution in [3.05, 3.63) is 42.1 Å². The molecule has 3 aromatic rings. The highest BCUT2D eigenvalue weighted by atomic mass is 16.5. The third kappa shape index (κ3) is 3.55. The summed E-state index contributed by atoms with van der Waals surface area (Å²) >= 11 is 0. The summed E-state index contributed by atoms with van der Waals surface area (Å²) in [6.07, 6.45) is 3.42. The second kappa shape index (κ2) is 7.22. The summed E-state index contributed by atoms with van der Waals surface area (Å²) < 4.78 is 5.35. The van der Waals surface area contributed by atoms with Gasteiger partial charge in [-0.05, 0) is 31.9 Å². The van der Waals surface area contributed by atoms with E-state index in [1.54, 1.807) is 19.4 Å². The standard InChI is InChI=1S/C19H22N6O2/c1-12-21-18(24-23-12)13-5-8-25(9-6-13)19(26)22-16-11-15(27-2)10-14-4-3-7-20-17(14)16/h3-4,7,10-11,13H,5-6,8-9H2,1-2H3,(H,22,26)(H,21,23,24). The van der Waals surface area contributed by atoms with Gasteiger partial charge < -0.3 is 15.0 Å². The van der Waals surface area contributed by atoms with Crippen molar-refractivity contribution in [1.82, 2.24) is 25.1 Å². The van der Waals surface area contributed by atoms with Crippen molar-refractivity contribution < 1.29 is 9.53 Å². The van der Waals surface area contributed by atoms with Crippen molar-refractivity contribution in [2.24, 2.45) is 0 Å². The molecule has 140 valence electrons. The number of rotatable bonds is 3. The van der Waals surface area contributed by atoms with E-state index in [0.717, 1.165) is 35.4 Å². The Morgan fingerprint density at radius 2 is 2.15 bits per heavy atom. The summed E-state index contributed by atoms with van der Waals surface area (Å²) in [5.74, 6) is 2.64. The minimum atomic E-state index is -0.125. The van der Waals surface area contributed by atoms with Crippen LogP contribution in [0, 0.1) is 6.92 Å². The maximum Gasteiger partial charge on any atom is 0.321 e. The molecule has 0 atom stereocenters. The van der Waals surface area contributed by atoms with Crippen LogP contribution in [0.1, 0.15) is 30.4 Å². The van der Waals surface area contributed by atoms with Gasteiger partial charge in [-0.25, -0.2) is 9.78 Å². The minimum absolute atomic E-state index is 0.125. The Balaban J connectivity index is 1.46. The molecule has 0 saturated carbocycles. The van der Waals surface area contributed by atoms with Crippen LogP contribution in [0.5, 0.6) is 5.75 Å². The molecule has 8 heteroatoms. The number of ether oxygens (including phenoxy) is 1. The number of nitrogens with zero attached hydrogens (tertiary/aromatic N) is 4. The zero-order valence-corrected chi connectivity index (χ0v) is 15.4. The number of methoxy groups -OCH3 is 1. The SMILES string of the molecule is COc1cc(NC(=O)N2CCC(c3n[nH]c(C)n3)CC2)c2ncccc2c1. The van der Waals surface area contributed by atoms with E-state index in [4.69, 9.17) is 4.74 Å². The Morgan fingerprint density at radius 3 is 2.85 bits per heavy atom. The van der Waals surface area contributed by atoms with Crippen LogP contribution >= 0.6 is 0 Å². The summed E-state index contributed by atoms with van der Waals surface area (Å²) in [5, 5.41) is 11.1. The number of piperidine rings is 1. The maximum absolute atomic E-state index is 12.8. The number of benzene rings is 1. The number of aromatic nitrogens is 4. The monoisotopic (exact) mass is 366 g/mol. The van der Waals surface area contributed by atoms with Gasteiger partial charge in [0.2, 0.25) is 0 Å². The lowest BCUT2D eigenvalue weighted by atomic mass is 9.96. The number of carbonyl (C=O) groups excluding carboxylic acids is 1. The molecule has 0 spiro atoms. The van der Waals surface area contributed by atoms with Gasteiger partial charge in [0.1, 0.15) is 11.6 Å². The van der Waals surface area contributed by atoms with E-state index < -0.39 is 0 Å². The van der Waals surface area contributed by atoms with Gasteiger partial charge in [0, 0.05) is 36.7 Å². The van der Waals surface area contributed by atoms with E-state index in [0.29, 0.717) is 30.4 Å². The third-order valence-corrected chi connectivity index (χ3v) is 4.92. The van der Waals surface area contributed by atoms with Crippen LogP contribution < -0.4 is 10.1 Å². The highest BCUT2D eigenvalue weighted by Gasteiger charge is 2.26. The predicted molar refractivity (Wildman–Crippen MR) is 102 cm³/mol. The number of carbonyl (C=O) groups is 1. The van der Waals surface area contributed by atoms with Crippen LogP contribution in [0.3, 0.4) is 0 Å². The van der Waals surface area contributed by atoms with Crippen LogP contribution in [0.4, 0.5) is 10.5 Å². The number of hydrogen-bond acceptors (Lipinski definition) is 5. The number of fused-ring (bicyclic) bond motifs is 1. The van der Waals surface area contributed by atoms with Gasteiger partial charge in [0.25, 0.3) is 0 Å². The van der Waals surface area contributed by atoms with Gasteiger partial charge in [0.05, 0.1) is 18.3 Å². The van der Waals surface area contributed by atoms with Gasteiger partial charge in [-0.1, -0.05) is 6.07 Å². The van der Waals surface area contributed by atoms with E-state index in [-0.39, 0.29) is 6.03 Å². The maximum atomic E-state index is 12.8. The van der Waals surface area contributed by atoms with Gasteiger partial charge in [-0.2, -0.15) is 5.10 Å². The van der Waals surface area contributed by atoms with E-state index >= 15 is 0 Å². The Labute approximate surface area is 157 Å². The molecule has 4 rings (SSSR count). The van der Waals surface area contributed by atoms with Crippen LogP contribution in [-0.4, -0.2) is 51.3 Å². The van der Waals surface area contributed by atoms with Gasteiger partial charge in [-0.3, -0.25) is 10.1 Å². The first-order valence-electron chi connectivity index (χ1n) is 9.01. The lowest BCUT2D eigenvalue weighted by molar-refractivity contribution is 0.193. The number of aromatic amines is 1. The molecule has 1 aromatic carbocycles. The first kappa shape index (κ1) is 17.3. The second-order valence-corrected chi connectivity index (χ2v) is 6.72. The Hall–Kier alpha value is -3.16. The van der Waals surface area contributed by atoms with Gasteiger partial charge in [-0.15, -0.1) is 0 Å². The molecular weight excluding hydrogens is 344 g/mol. The van der Waals surface area contributed by atoms with Crippen LogP contribution in [0.2, 0.25) is 0 Å². The second-order valence-electron chi connectivity index (χ2n) is 6.72. The van der Waals surface area contributed by atoms with Crippen molar-refractivity contribution in [2.75, 3.05) is 25.5 Å². The minimum Gasteiger partial charge on any atom is -0.497 e. The lowest BCUT2D eigenvalue weighted by Gasteiger charge is -2.30. The topological polar surface area (TPSA) is 96.0 Å². The molecule has 2 aromatic heterocycles. The Morgan fingerprint density at radius 1 is 1.33 bits per heavy atom. The van der Waals surface area contributed by atoms with Crippen LogP contribution in [-0.2, 0) is 0 Å². The number of pyridine rings is 1. The average molecular weight is 366 g/mol. The predicted octanol–water partition coefficient (Wildman–Crippen LogP) is 3.08. The highest BCUT2D eigenvalue weighted by Crippen LogP contribution is 2.29. The first-order valence-corrected chi connectivity index (χ1v) is 9.01. The van der Waals surface area contributed by atoms with Crippen LogP contribution in [0.15, 0.2) is 30.5 Å². The van der Waals surface area contributed by atoms with E-state index in [2.05, 4.69) is 25.5 Å². The average Bonchev–Trinajstić information content (AvgIpc) is 3.14. The number of likely N-dealkylation sites (tertiary alicyclic amines) is 1. The summed E-state index contributed by atoms with van der Waals surface area (Å²) in [6.45, 7) is 3.23. The molecule has 1 aliphatic heterocycles. The molecule has 0 bridgehead atoms. The summed E-state index contributed by atoms with van der Waals surface area (Å²) in [5.41, 5.74) is 1.40. The molecule has 27 heavy (non-hydrogen) atoms. The molecule has 0 unspecified atom stereocenters. The van der Waals surface area contributed by atoms with Crippen molar-refractivity contribution in [3.8, 4) is 5.75 Å². The molecular formula is C19H22N6O2. The number of anilines is 1. The summed E-state index contributed by atoms with van der Waals surface area (Å²) in [6, 6.07) is 7.40. The highest BCUT2D eigenvalue weighted by molar-refractivity contribution is 6.00. The fraction of sp³-hybridized carbons (Fsp3) is 0.368. The fourth-order valence-electron chi connectivity index (χ4n) is 3.46. The molecule has 2 amide bonds. The zero-order chi connectivity index (χ0) is 18.8. The fourth-order valence-corrected chi connectivity index (χ4v) is 3.46. The van der Waals surface area contributed by atoms with Crippen molar-refractivity contribution in [3.63, 3.8) is 0 Å². The van der Waals surface area contributed by atoms with Crippen molar-refractivity contribution in [2.45, 2.75) is 25.7 Å². The molecule has 0 radical (unpaired) electrons. The summed E-state index contributed by atoms with van der Waals surface area (Å²) in [4.78, 5) is 23.4. The van der Waals surface area contributed by atoms with E-state index in [1.165, 1.54) is 0 Å². The molecule has 1 aliphatic rings.